The second-order valence-electron chi connectivity index (χ2n) is 5.33. The normalized spacial score (nSPS) is 10.7. The predicted molar refractivity (Wildman–Crippen MR) is 87.3 cm³/mol. The smallest absolute Gasteiger partial charge is 0.0640 e. The molecular formula is C17H28ClN. The Morgan fingerprint density at radius 1 is 0.947 bits per heavy atom. The molecule has 19 heavy (non-hydrogen) atoms. The molecule has 0 aliphatic heterocycles. The zero-order chi connectivity index (χ0) is 13.9. The largest absolute Gasteiger partial charge is 0.384 e. The molecule has 0 radical (unpaired) electrons. The summed E-state index contributed by atoms with van der Waals surface area (Å²) in [4.78, 5) is 0. The maximum atomic E-state index is 6.18. The fraction of sp³-hybridized carbons (Fsp3) is 0.647. The van der Waals surface area contributed by atoms with Gasteiger partial charge in [0.2, 0.25) is 0 Å². The summed E-state index contributed by atoms with van der Waals surface area (Å²) in [6.45, 7) is 5.39. The van der Waals surface area contributed by atoms with Crippen LogP contribution in [0.4, 0.5) is 5.69 Å². The standard InChI is InChI=1S/C17H28ClN/c1-3-4-5-6-7-8-9-10-14-19-17-15(2)12-11-13-16(17)18/h11-13,19H,3-10,14H2,1-2H3. The van der Waals surface area contributed by atoms with Crippen LogP contribution in [0.5, 0.6) is 0 Å². The van der Waals surface area contributed by atoms with E-state index in [0.717, 1.165) is 17.3 Å². The monoisotopic (exact) mass is 281 g/mol. The van der Waals surface area contributed by atoms with Crippen LogP contribution < -0.4 is 5.32 Å². The van der Waals surface area contributed by atoms with Crippen LogP contribution in [-0.4, -0.2) is 6.54 Å². The number of hydrogen-bond donors (Lipinski definition) is 1. The number of rotatable bonds is 10. The van der Waals surface area contributed by atoms with Gasteiger partial charge in [0.1, 0.15) is 0 Å². The number of hydrogen-bond acceptors (Lipinski definition) is 1. The Kier molecular flexibility index (Phi) is 8.73. The first-order valence-corrected chi connectivity index (χ1v) is 8.12. The van der Waals surface area contributed by atoms with Crippen molar-refractivity contribution in [3.05, 3.63) is 28.8 Å². The van der Waals surface area contributed by atoms with Crippen molar-refractivity contribution in [3.8, 4) is 0 Å². The Hall–Kier alpha value is -0.690. The average molecular weight is 282 g/mol. The topological polar surface area (TPSA) is 12.0 Å². The Bertz CT molecular complexity index is 329. The van der Waals surface area contributed by atoms with Crippen molar-refractivity contribution in [2.24, 2.45) is 0 Å². The number of halogens is 1. The number of para-hydroxylation sites is 1. The molecule has 0 bridgehead atoms. The van der Waals surface area contributed by atoms with Crippen LogP contribution in [0.1, 0.15) is 63.9 Å². The van der Waals surface area contributed by atoms with Crippen molar-refractivity contribution in [1.82, 2.24) is 0 Å². The number of nitrogens with one attached hydrogen (secondary N) is 1. The van der Waals surface area contributed by atoms with Crippen molar-refractivity contribution in [1.29, 1.82) is 0 Å². The minimum Gasteiger partial charge on any atom is -0.384 e. The van der Waals surface area contributed by atoms with Crippen LogP contribution in [0, 0.1) is 6.92 Å². The van der Waals surface area contributed by atoms with E-state index in [1.165, 1.54) is 56.9 Å². The van der Waals surface area contributed by atoms with Gasteiger partial charge in [0.05, 0.1) is 10.7 Å². The van der Waals surface area contributed by atoms with E-state index in [9.17, 15) is 0 Å². The minimum atomic E-state index is 0.833. The average Bonchev–Trinajstić information content (AvgIpc) is 2.40. The summed E-state index contributed by atoms with van der Waals surface area (Å²) in [7, 11) is 0. The maximum Gasteiger partial charge on any atom is 0.0640 e. The van der Waals surface area contributed by atoms with E-state index in [0.29, 0.717) is 0 Å². The van der Waals surface area contributed by atoms with Crippen LogP contribution >= 0.6 is 11.6 Å². The Morgan fingerprint density at radius 3 is 2.21 bits per heavy atom. The zero-order valence-corrected chi connectivity index (χ0v) is 13.2. The van der Waals surface area contributed by atoms with Gasteiger partial charge in [-0.1, -0.05) is 75.6 Å². The van der Waals surface area contributed by atoms with Gasteiger partial charge in [0, 0.05) is 6.54 Å². The fourth-order valence-corrected chi connectivity index (χ4v) is 2.62. The van der Waals surface area contributed by atoms with Gasteiger partial charge in [-0.25, -0.2) is 0 Å². The van der Waals surface area contributed by atoms with Crippen molar-refractivity contribution in [3.63, 3.8) is 0 Å². The minimum absolute atomic E-state index is 0.833. The molecule has 0 aliphatic rings. The molecule has 0 amide bonds. The number of aryl methyl sites for hydroxylation is 1. The Balaban J connectivity index is 2.05. The Morgan fingerprint density at radius 2 is 1.58 bits per heavy atom. The van der Waals surface area contributed by atoms with E-state index in [2.05, 4.69) is 25.2 Å². The van der Waals surface area contributed by atoms with Crippen molar-refractivity contribution < 1.29 is 0 Å². The van der Waals surface area contributed by atoms with E-state index >= 15 is 0 Å². The summed E-state index contributed by atoms with van der Waals surface area (Å²) in [5, 5.41) is 4.29. The van der Waals surface area contributed by atoms with Gasteiger partial charge in [-0.2, -0.15) is 0 Å². The molecule has 0 spiro atoms. The van der Waals surface area contributed by atoms with Crippen LogP contribution in [-0.2, 0) is 0 Å². The highest BCUT2D eigenvalue weighted by molar-refractivity contribution is 6.33. The van der Waals surface area contributed by atoms with E-state index in [4.69, 9.17) is 11.6 Å². The number of benzene rings is 1. The van der Waals surface area contributed by atoms with Crippen LogP contribution in [0.3, 0.4) is 0 Å². The molecule has 0 unspecified atom stereocenters. The molecule has 0 atom stereocenters. The number of unbranched alkanes of at least 4 members (excludes halogenated alkanes) is 7. The first-order chi connectivity index (χ1) is 9.25. The lowest BCUT2D eigenvalue weighted by Gasteiger charge is -2.11. The summed E-state index contributed by atoms with van der Waals surface area (Å²) in [6, 6.07) is 6.05. The molecule has 1 aromatic rings. The molecule has 1 aromatic carbocycles. The summed E-state index contributed by atoms with van der Waals surface area (Å²) in [5.74, 6) is 0. The molecule has 0 fully saturated rings. The highest BCUT2D eigenvalue weighted by atomic mass is 35.5. The van der Waals surface area contributed by atoms with Gasteiger partial charge >= 0.3 is 0 Å². The van der Waals surface area contributed by atoms with Gasteiger partial charge in [0.25, 0.3) is 0 Å². The van der Waals surface area contributed by atoms with Gasteiger partial charge in [0.15, 0.2) is 0 Å². The second kappa shape index (κ2) is 10.1. The maximum absolute atomic E-state index is 6.18. The van der Waals surface area contributed by atoms with Crippen LogP contribution in [0.2, 0.25) is 5.02 Å². The van der Waals surface area contributed by atoms with Crippen molar-refractivity contribution in [2.45, 2.75) is 65.2 Å². The third-order valence-electron chi connectivity index (χ3n) is 3.55. The fourth-order valence-electron chi connectivity index (χ4n) is 2.33. The number of anilines is 1. The van der Waals surface area contributed by atoms with Crippen molar-refractivity contribution >= 4 is 17.3 Å². The first-order valence-electron chi connectivity index (χ1n) is 7.74. The third kappa shape index (κ3) is 6.87. The summed E-state index contributed by atoms with van der Waals surface area (Å²) < 4.78 is 0. The summed E-state index contributed by atoms with van der Waals surface area (Å²) >= 11 is 6.18. The van der Waals surface area contributed by atoms with Gasteiger partial charge < -0.3 is 5.32 Å². The molecule has 0 aromatic heterocycles. The molecule has 0 saturated carbocycles. The first kappa shape index (κ1) is 16.4. The van der Waals surface area contributed by atoms with Gasteiger partial charge in [-0.3, -0.25) is 0 Å². The summed E-state index contributed by atoms with van der Waals surface area (Å²) in [5.41, 5.74) is 2.33. The molecular weight excluding hydrogens is 254 g/mol. The highest BCUT2D eigenvalue weighted by Crippen LogP contribution is 2.25. The third-order valence-corrected chi connectivity index (χ3v) is 3.87. The van der Waals surface area contributed by atoms with Gasteiger partial charge in [-0.15, -0.1) is 0 Å². The van der Waals surface area contributed by atoms with Crippen LogP contribution in [0.15, 0.2) is 18.2 Å². The van der Waals surface area contributed by atoms with Gasteiger partial charge in [-0.05, 0) is 25.0 Å². The lowest BCUT2D eigenvalue weighted by molar-refractivity contribution is 0.581. The van der Waals surface area contributed by atoms with E-state index < -0.39 is 0 Å². The molecule has 1 N–H and O–H groups in total. The van der Waals surface area contributed by atoms with E-state index in [-0.39, 0.29) is 0 Å². The van der Waals surface area contributed by atoms with Crippen LogP contribution in [0.25, 0.3) is 0 Å². The molecule has 1 rings (SSSR count). The molecule has 0 aliphatic carbocycles. The second-order valence-corrected chi connectivity index (χ2v) is 5.74. The lowest BCUT2D eigenvalue weighted by atomic mass is 10.1. The molecule has 1 nitrogen and oxygen atoms in total. The highest BCUT2D eigenvalue weighted by Gasteiger charge is 2.01. The van der Waals surface area contributed by atoms with E-state index in [1.807, 2.05) is 12.1 Å². The predicted octanol–water partition coefficient (Wildman–Crippen LogP) is 6.20. The molecule has 0 heterocycles. The molecule has 108 valence electrons. The zero-order valence-electron chi connectivity index (χ0n) is 12.5. The Labute approximate surface area is 123 Å². The summed E-state index contributed by atoms with van der Waals surface area (Å²) in [6.07, 6.45) is 10.9. The van der Waals surface area contributed by atoms with Crippen molar-refractivity contribution in [2.75, 3.05) is 11.9 Å². The quantitative estimate of drug-likeness (QED) is 0.503. The molecule has 2 heteroatoms. The molecule has 0 saturated heterocycles. The van der Waals surface area contributed by atoms with E-state index in [1.54, 1.807) is 0 Å². The SMILES string of the molecule is CCCCCCCCCCNc1c(C)cccc1Cl. The lowest BCUT2D eigenvalue weighted by Crippen LogP contribution is -2.03.